The highest BCUT2D eigenvalue weighted by Gasteiger charge is 2.20. The molecule has 0 bridgehead atoms. The van der Waals surface area contributed by atoms with E-state index in [1.54, 1.807) is 0 Å². The summed E-state index contributed by atoms with van der Waals surface area (Å²) in [6.07, 6.45) is 2.86. The van der Waals surface area contributed by atoms with Gasteiger partial charge in [-0.2, -0.15) is 5.26 Å². The summed E-state index contributed by atoms with van der Waals surface area (Å²) >= 11 is 0. The van der Waals surface area contributed by atoms with Crippen molar-refractivity contribution in [2.24, 2.45) is 0 Å². The predicted octanol–water partition coefficient (Wildman–Crippen LogP) is 2.20. The molecule has 1 aromatic carbocycles. The Morgan fingerprint density at radius 3 is 2.89 bits per heavy atom. The Morgan fingerprint density at radius 1 is 1.37 bits per heavy atom. The molecule has 2 rings (SSSR count). The molecule has 2 unspecified atom stereocenters. The second-order valence-electron chi connectivity index (χ2n) is 5.45. The zero-order valence-electron chi connectivity index (χ0n) is 11.7. The van der Waals surface area contributed by atoms with Gasteiger partial charge in [0.25, 0.3) is 0 Å². The van der Waals surface area contributed by atoms with Gasteiger partial charge in [-0.1, -0.05) is 30.3 Å². The normalized spacial score (nSPS) is 24.6. The van der Waals surface area contributed by atoms with Gasteiger partial charge >= 0.3 is 0 Å². The Kier molecular flexibility index (Phi) is 5.38. The van der Waals surface area contributed by atoms with Gasteiger partial charge in [0.05, 0.1) is 12.5 Å². The Bertz CT molecular complexity index is 410. The van der Waals surface area contributed by atoms with E-state index in [1.165, 1.54) is 5.56 Å². The van der Waals surface area contributed by atoms with Crippen LogP contribution in [0.4, 0.5) is 0 Å². The zero-order chi connectivity index (χ0) is 13.5. The van der Waals surface area contributed by atoms with Crippen molar-refractivity contribution in [3.63, 3.8) is 0 Å². The van der Waals surface area contributed by atoms with Crippen molar-refractivity contribution in [1.82, 2.24) is 10.2 Å². The van der Waals surface area contributed by atoms with Crippen molar-refractivity contribution in [3.8, 4) is 6.07 Å². The molecule has 102 valence electrons. The van der Waals surface area contributed by atoms with Crippen LogP contribution in [0.2, 0.25) is 0 Å². The third-order valence-corrected chi connectivity index (χ3v) is 3.77. The number of hydrogen-bond acceptors (Lipinski definition) is 3. The van der Waals surface area contributed by atoms with Crippen molar-refractivity contribution < 1.29 is 0 Å². The molecule has 0 spiro atoms. The first-order chi connectivity index (χ1) is 9.28. The molecule has 1 aromatic rings. The minimum absolute atomic E-state index is 0.318. The highest BCUT2D eigenvalue weighted by Crippen LogP contribution is 2.09. The van der Waals surface area contributed by atoms with Crippen LogP contribution < -0.4 is 5.32 Å². The quantitative estimate of drug-likeness (QED) is 0.898. The van der Waals surface area contributed by atoms with Crippen LogP contribution in [0, 0.1) is 11.3 Å². The molecular weight excluding hydrogens is 234 g/mol. The summed E-state index contributed by atoms with van der Waals surface area (Å²) in [6, 6.07) is 13.7. The molecule has 0 saturated carbocycles. The molecule has 1 fully saturated rings. The molecule has 1 heterocycles. The molecule has 0 aliphatic carbocycles. The Balaban J connectivity index is 1.86. The van der Waals surface area contributed by atoms with Crippen LogP contribution >= 0.6 is 0 Å². The van der Waals surface area contributed by atoms with Crippen LogP contribution in [0.1, 0.15) is 25.3 Å². The molecular formula is C16H23N3. The van der Waals surface area contributed by atoms with E-state index in [0.717, 1.165) is 32.5 Å². The second kappa shape index (κ2) is 7.28. The number of benzene rings is 1. The molecule has 2 atom stereocenters. The average molecular weight is 257 g/mol. The fourth-order valence-electron chi connectivity index (χ4n) is 2.69. The lowest BCUT2D eigenvalue weighted by molar-refractivity contribution is 0.271. The summed E-state index contributed by atoms with van der Waals surface area (Å²) in [5.41, 5.74) is 1.39. The molecule has 3 heteroatoms. The standard InChI is InChI=1S/C16H23N3/c1-14-8-11-19(13-16(18-14)7-10-17)12-9-15-5-3-2-4-6-15/h2-6,14,16,18H,7-9,11-13H2,1H3. The lowest BCUT2D eigenvalue weighted by Crippen LogP contribution is -2.40. The molecule has 1 N–H and O–H groups in total. The minimum Gasteiger partial charge on any atom is -0.309 e. The van der Waals surface area contributed by atoms with Crippen LogP contribution in [0.25, 0.3) is 0 Å². The molecule has 0 amide bonds. The molecule has 1 saturated heterocycles. The molecule has 1 aliphatic rings. The van der Waals surface area contributed by atoms with E-state index < -0.39 is 0 Å². The Hall–Kier alpha value is -1.37. The van der Waals surface area contributed by atoms with Crippen molar-refractivity contribution in [1.29, 1.82) is 5.26 Å². The van der Waals surface area contributed by atoms with E-state index in [-0.39, 0.29) is 0 Å². The summed E-state index contributed by atoms with van der Waals surface area (Å²) in [6.45, 7) is 5.42. The van der Waals surface area contributed by atoms with Gasteiger partial charge in [0.2, 0.25) is 0 Å². The van der Waals surface area contributed by atoms with Crippen molar-refractivity contribution in [2.75, 3.05) is 19.6 Å². The number of nitrogens with one attached hydrogen (secondary N) is 1. The average Bonchev–Trinajstić information content (AvgIpc) is 2.60. The fourth-order valence-corrected chi connectivity index (χ4v) is 2.69. The third kappa shape index (κ3) is 4.66. The smallest absolute Gasteiger partial charge is 0.0638 e. The summed E-state index contributed by atoms with van der Waals surface area (Å²) in [5, 5.41) is 12.4. The SMILES string of the molecule is CC1CCN(CCc2ccccc2)CC(CC#N)N1. The van der Waals surface area contributed by atoms with Crippen LogP contribution in [0.5, 0.6) is 0 Å². The summed E-state index contributed by atoms with van der Waals surface area (Å²) in [4.78, 5) is 2.49. The molecule has 3 nitrogen and oxygen atoms in total. The van der Waals surface area contributed by atoms with E-state index in [0.29, 0.717) is 18.5 Å². The van der Waals surface area contributed by atoms with Crippen LogP contribution in [0.3, 0.4) is 0 Å². The van der Waals surface area contributed by atoms with E-state index in [4.69, 9.17) is 5.26 Å². The lowest BCUT2D eigenvalue weighted by atomic mass is 10.1. The zero-order valence-corrected chi connectivity index (χ0v) is 11.7. The van der Waals surface area contributed by atoms with Crippen LogP contribution in [-0.2, 0) is 6.42 Å². The van der Waals surface area contributed by atoms with Gasteiger partial charge in [0, 0.05) is 25.2 Å². The van der Waals surface area contributed by atoms with E-state index in [1.807, 2.05) is 0 Å². The number of rotatable bonds is 4. The van der Waals surface area contributed by atoms with E-state index in [2.05, 4.69) is 53.5 Å². The fraction of sp³-hybridized carbons (Fsp3) is 0.562. The van der Waals surface area contributed by atoms with Crippen LogP contribution in [-0.4, -0.2) is 36.6 Å². The van der Waals surface area contributed by atoms with Crippen molar-refractivity contribution in [3.05, 3.63) is 35.9 Å². The van der Waals surface area contributed by atoms with Gasteiger partial charge in [-0.3, -0.25) is 0 Å². The van der Waals surface area contributed by atoms with Crippen molar-refractivity contribution in [2.45, 2.75) is 38.3 Å². The first-order valence-corrected chi connectivity index (χ1v) is 7.17. The van der Waals surface area contributed by atoms with Gasteiger partial charge in [-0.05, 0) is 31.9 Å². The van der Waals surface area contributed by atoms with Gasteiger partial charge in [0.15, 0.2) is 0 Å². The van der Waals surface area contributed by atoms with Gasteiger partial charge in [-0.25, -0.2) is 0 Å². The molecule has 19 heavy (non-hydrogen) atoms. The first-order valence-electron chi connectivity index (χ1n) is 7.17. The van der Waals surface area contributed by atoms with Crippen molar-refractivity contribution >= 4 is 0 Å². The maximum Gasteiger partial charge on any atom is 0.0638 e. The summed E-state index contributed by atoms with van der Waals surface area (Å²) in [7, 11) is 0. The molecule has 0 radical (unpaired) electrons. The predicted molar refractivity (Wildman–Crippen MR) is 77.8 cm³/mol. The van der Waals surface area contributed by atoms with Crippen LogP contribution in [0.15, 0.2) is 30.3 Å². The van der Waals surface area contributed by atoms with Gasteiger partial charge in [0.1, 0.15) is 0 Å². The van der Waals surface area contributed by atoms with Gasteiger partial charge < -0.3 is 10.2 Å². The maximum absolute atomic E-state index is 8.88. The molecule has 0 aromatic heterocycles. The number of hydrogen-bond donors (Lipinski definition) is 1. The summed E-state index contributed by atoms with van der Waals surface area (Å²) in [5.74, 6) is 0. The largest absolute Gasteiger partial charge is 0.309 e. The monoisotopic (exact) mass is 257 g/mol. The van der Waals surface area contributed by atoms with E-state index in [9.17, 15) is 0 Å². The highest BCUT2D eigenvalue weighted by atomic mass is 15.2. The Labute approximate surface area is 116 Å². The van der Waals surface area contributed by atoms with E-state index >= 15 is 0 Å². The number of nitriles is 1. The molecule has 1 aliphatic heterocycles. The maximum atomic E-state index is 8.88. The topological polar surface area (TPSA) is 39.1 Å². The minimum atomic E-state index is 0.318. The summed E-state index contributed by atoms with van der Waals surface area (Å²) < 4.78 is 0. The first kappa shape index (κ1) is 14.0. The lowest BCUT2D eigenvalue weighted by Gasteiger charge is -2.23. The van der Waals surface area contributed by atoms with Gasteiger partial charge in [-0.15, -0.1) is 0 Å². The highest BCUT2D eigenvalue weighted by molar-refractivity contribution is 5.14. The number of nitrogens with zero attached hydrogens (tertiary/aromatic N) is 2. The second-order valence-corrected chi connectivity index (χ2v) is 5.45. The Morgan fingerprint density at radius 2 is 2.16 bits per heavy atom. The third-order valence-electron chi connectivity index (χ3n) is 3.77.